The summed E-state index contributed by atoms with van der Waals surface area (Å²) in [5, 5.41) is 10.7. The van der Waals surface area contributed by atoms with Crippen LogP contribution in [-0.2, 0) is 14.4 Å². The Bertz CT molecular complexity index is 227. The van der Waals surface area contributed by atoms with Gasteiger partial charge in [-0.25, -0.2) is 4.79 Å². The van der Waals surface area contributed by atoms with Crippen molar-refractivity contribution in [2.45, 2.75) is 6.92 Å². The molecule has 0 aliphatic rings. The summed E-state index contributed by atoms with van der Waals surface area (Å²) in [6, 6.07) is 0. The Morgan fingerprint density at radius 1 is 1.38 bits per heavy atom. The Morgan fingerprint density at radius 2 is 1.92 bits per heavy atom. The van der Waals surface area contributed by atoms with Crippen molar-refractivity contribution >= 4 is 17.8 Å². The van der Waals surface area contributed by atoms with Crippen LogP contribution in [0.2, 0.25) is 0 Å². The van der Waals surface area contributed by atoms with Crippen LogP contribution >= 0.6 is 0 Å². The molecule has 2 N–H and O–H groups in total. The average Bonchev–Trinajstić information content (AvgIpc) is 2.03. The van der Waals surface area contributed by atoms with Crippen LogP contribution in [0.4, 0.5) is 0 Å². The second-order valence-corrected chi connectivity index (χ2v) is 2.42. The van der Waals surface area contributed by atoms with Gasteiger partial charge in [-0.15, -0.1) is 0 Å². The minimum Gasteiger partial charge on any atom is -0.474 e. The number of carboxylic acids is 1. The maximum absolute atomic E-state index is 10.9. The number of amides is 2. The summed E-state index contributed by atoms with van der Waals surface area (Å²) in [6.45, 7) is 1.95. The highest BCUT2D eigenvalue weighted by molar-refractivity contribution is 6.31. The second kappa shape index (κ2) is 5.13. The lowest BCUT2D eigenvalue weighted by Crippen LogP contribution is -2.41. The van der Waals surface area contributed by atoms with E-state index in [2.05, 4.69) is 5.32 Å². The van der Waals surface area contributed by atoms with Gasteiger partial charge in [0.05, 0.1) is 6.54 Å². The summed E-state index contributed by atoms with van der Waals surface area (Å²) in [5.74, 6) is -3.03. The lowest BCUT2D eigenvalue weighted by Gasteiger charge is -2.13. The van der Waals surface area contributed by atoms with Gasteiger partial charge in [0.25, 0.3) is 0 Å². The summed E-state index contributed by atoms with van der Waals surface area (Å²) in [7, 11) is 1.26. The number of hydrogen-bond donors (Lipinski definition) is 2. The quantitative estimate of drug-likeness (QED) is 0.537. The molecular weight excluding hydrogens is 176 g/mol. The molecule has 0 saturated carbocycles. The Hall–Kier alpha value is -1.59. The lowest BCUT2D eigenvalue weighted by molar-refractivity contribution is -0.155. The van der Waals surface area contributed by atoms with E-state index in [9.17, 15) is 14.4 Å². The van der Waals surface area contributed by atoms with Crippen molar-refractivity contribution in [3.8, 4) is 0 Å². The van der Waals surface area contributed by atoms with Crippen LogP contribution in [0, 0.1) is 0 Å². The second-order valence-electron chi connectivity index (χ2n) is 2.42. The Labute approximate surface area is 75.5 Å². The van der Waals surface area contributed by atoms with E-state index in [0.717, 1.165) is 4.90 Å². The molecule has 0 aromatic heterocycles. The van der Waals surface area contributed by atoms with Gasteiger partial charge < -0.3 is 15.3 Å². The zero-order valence-electron chi connectivity index (χ0n) is 7.53. The fourth-order valence-corrected chi connectivity index (χ4v) is 0.704. The predicted octanol–water partition coefficient (Wildman–Crippen LogP) is -1.33. The Morgan fingerprint density at radius 3 is 2.31 bits per heavy atom. The summed E-state index contributed by atoms with van der Waals surface area (Å²) < 4.78 is 0. The number of likely N-dealkylation sites (N-methyl/N-ethyl adjacent to an activating group) is 2. The number of nitrogens with one attached hydrogen (secondary N) is 1. The van der Waals surface area contributed by atoms with Crippen molar-refractivity contribution in [2.24, 2.45) is 0 Å². The molecule has 0 rings (SSSR count). The summed E-state index contributed by atoms with van der Waals surface area (Å²) >= 11 is 0. The fraction of sp³-hybridized carbons (Fsp3) is 0.571. The highest BCUT2D eigenvalue weighted by Gasteiger charge is 2.18. The van der Waals surface area contributed by atoms with Crippen LogP contribution < -0.4 is 5.32 Å². The topological polar surface area (TPSA) is 86.7 Å². The summed E-state index contributed by atoms with van der Waals surface area (Å²) in [4.78, 5) is 32.6. The van der Waals surface area contributed by atoms with Crippen molar-refractivity contribution in [3.63, 3.8) is 0 Å². The highest BCUT2D eigenvalue weighted by atomic mass is 16.4. The van der Waals surface area contributed by atoms with E-state index in [-0.39, 0.29) is 12.5 Å². The SMILES string of the molecule is CCNC(=O)CN(C)C(=O)C(=O)O. The van der Waals surface area contributed by atoms with Crippen molar-refractivity contribution < 1.29 is 19.5 Å². The molecule has 0 radical (unpaired) electrons. The largest absolute Gasteiger partial charge is 0.474 e. The predicted molar refractivity (Wildman–Crippen MR) is 44.0 cm³/mol. The van der Waals surface area contributed by atoms with Gasteiger partial charge in [0.15, 0.2) is 0 Å². The average molecular weight is 188 g/mol. The van der Waals surface area contributed by atoms with Crippen LogP contribution in [0.25, 0.3) is 0 Å². The maximum Gasteiger partial charge on any atom is 0.394 e. The number of nitrogens with zero attached hydrogens (tertiary/aromatic N) is 1. The van der Waals surface area contributed by atoms with E-state index < -0.39 is 11.9 Å². The molecule has 0 spiro atoms. The zero-order chi connectivity index (χ0) is 10.4. The first kappa shape index (κ1) is 11.4. The molecule has 6 heteroatoms. The van der Waals surface area contributed by atoms with Gasteiger partial charge in [0.1, 0.15) is 0 Å². The van der Waals surface area contributed by atoms with Crippen molar-refractivity contribution in [3.05, 3.63) is 0 Å². The molecule has 13 heavy (non-hydrogen) atoms. The molecular formula is C7H12N2O4. The van der Waals surface area contributed by atoms with E-state index in [4.69, 9.17) is 5.11 Å². The summed E-state index contributed by atoms with van der Waals surface area (Å²) in [6.07, 6.45) is 0. The number of carbonyl (C=O) groups excluding carboxylic acids is 2. The van der Waals surface area contributed by atoms with Crippen molar-refractivity contribution in [2.75, 3.05) is 20.1 Å². The smallest absolute Gasteiger partial charge is 0.394 e. The molecule has 6 nitrogen and oxygen atoms in total. The molecule has 0 saturated heterocycles. The third-order valence-corrected chi connectivity index (χ3v) is 1.28. The number of carboxylic acid groups (broad SMARTS) is 1. The number of aliphatic carboxylic acids is 1. The molecule has 0 bridgehead atoms. The van der Waals surface area contributed by atoms with E-state index in [1.807, 2.05) is 0 Å². The standard InChI is InChI=1S/C7H12N2O4/c1-3-8-5(10)4-9(2)6(11)7(12)13/h3-4H2,1-2H3,(H,8,10)(H,12,13). The molecule has 0 fully saturated rings. The monoisotopic (exact) mass is 188 g/mol. The molecule has 0 aromatic rings. The van der Waals surface area contributed by atoms with E-state index in [1.165, 1.54) is 7.05 Å². The Balaban J connectivity index is 4.00. The van der Waals surface area contributed by atoms with Gasteiger partial charge in [-0.3, -0.25) is 9.59 Å². The lowest BCUT2D eigenvalue weighted by atomic mass is 10.4. The van der Waals surface area contributed by atoms with Crippen LogP contribution in [0.5, 0.6) is 0 Å². The minimum absolute atomic E-state index is 0.237. The van der Waals surface area contributed by atoms with E-state index in [1.54, 1.807) is 6.92 Å². The van der Waals surface area contributed by atoms with Crippen LogP contribution in [-0.4, -0.2) is 47.9 Å². The van der Waals surface area contributed by atoms with Crippen molar-refractivity contribution in [1.29, 1.82) is 0 Å². The van der Waals surface area contributed by atoms with Crippen LogP contribution in [0.1, 0.15) is 6.92 Å². The van der Waals surface area contributed by atoms with E-state index in [0.29, 0.717) is 6.54 Å². The first-order valence-corrected chi connectivity index (χ1v) is 3.74. The third-order valence-electron chi connectivity index (χ3n) is 1.28. The molecule has 0 aliphatic carbocycles. The Kier molecular flexibility index (Phi) is 4.50. The fourth-order valence-electron chi connectivity index (χ4n) is 0.704. The molecule has 0 aromatic carbocycles. The highest BCUT2D eigenvalue weighted by Crippen LogP contribution is 1.84. The van der Waals surface area contributed by atoms with Gasteiger partial charge in [-0.2, -0.15) is 0 Å². The van der Waals surface area contributed by atoms with Gasteiger partial charge in [0.2, 0.25) is 5.91 Å². The number of rotatable bonds is 3. The summed E-state index contributed by atoms with van der Waals surface area (Å²) in [5.41, 5.74) is 0. The molecule has 0 atom stereocenters. The molecule has 0 unspecified atom stereocenters. The van der Waals surface area contributed by atoms with Crippen LogP contribution in [0.3, 0.4) is 0 Å². The molecule has 0 aliphatic heterocycles. The molecule has 2 amide bonds. The van der Waals surface area contributed by atoms with Gasteiger partial charge >= 0.3 is 11.9 Å². The zero-order valence-corrected chi connectivity index (χ0v) is 7.53. The van der Waals surface area contributed by atoms with Gasteiger partial charge in [-0.1, -0.05) is 0 Å². The van der Waals surface area contributed by atoms with Gasteiger partial charge in [0, 0.05) is 13.6 Å². The third kappa shape index (κ3) is 4.09. The first-order valence-electron chi connectivity index (χ1n) is 3.74. The van der Waals surface area contributed by atoms with Crippen LogP contribution in [0.15, 0.2) is 0 Å². The van der Waals surface area contributed by atoms with Crippen molar-refractivity contribution in [1.82, 2.24) is 10.2 Å². The van der Waals surface area contributed by atoms with Gasteiger partial charge in [-0.05, 0) is 6.92 Å². The van der Waals surface area contributed by atoms with E-state index >= 15 is 0 Å². The maximum atomic E-state index is 10.9. The molecule has 0 heterocycles. The minimum atomic E-state index is -1.56. The molecule has 74 valence electrons. The number of carbonyl (C=O) groups is 3. The first-order chi connectivity index (χ1) is 5.99. The number of hydrogen-bond acceptors (Lipinski definition) is 3. The normalized spacial score (nSPS) is 9.08.